The number of aliphatic carboxylic acids is 1. The number of fused-ring (bicyclic) bond motifs is 1. The van der Waals surface area contributed by atoms with Crippen LogP contribution in [0.3, 0.4) is 0 Å². The van der Waals surface area contributed by atoms with Crippen LogP contribution in [0.25, 0.3) is 0 Å². The fourth-order valence-corrected chi connectivity index (χ4v) is 5.39. The summed E-state index contributed by atoms with van der Waals surface area (Å²) in [6.07, 6.45) is -6.11. The SMILES string of the molecule is CCOc1cc2c(c(F)c1OCC)C(=N)N(CC(=O)c1cc(N3C[C@H](OC)[C@@H](O)C3)c(OC)c(C(C)(C)C)c1)C2.O=C(O)C(F)(F)F. The van der Waals surface area contributed by atoms with Gasteiger partial charge in [-0.1, -0.05) is 20.8 Å². The second kappa shape index (κ2) is 14.8. The van der Waals surface area contributed by atoms with Gasteiger partial charge in [-0.25, -0.2) is 9.18 Å². The number of halogens is 4. The van der Waals surface area contributed by atoms with Crippen molar-refractivity contribution < 1.29 is 56.3 Å². The van der Waals surface area contributed by atoms with E-state index < -0.39 is 24.1 Å². The average Bonchev–Trinajstić information content (AvgIpc) is 3.52. The Labute approximate surface area is 270 Å². The highest BCUT2D eigenvalue weighted by Gasteiger charge is 2.39. The molecule has 0 amide bonds. The van der Waals surface area contributed by atoms with Crippen LogP contribution >= 0.6 is 0 Å². The quantitative estimate of drug-likeness (QED) is 0.239. The van der Waals surface area contributed by atoms with Crippen LogP contribution in [-0.4, -0.2) is 98.2 Å². The number of amidine groups is 1. The van der Waals surface area contributed by atoms with Crippen LogP contribution in [-0.2, 0) is 21.5 Å². The average molecular weight is 672 g/mol. The van der Waals surface area contributed by atoms with E-state index in [0.717, 1.165) is 5.56 Å². The van der Waals surface area contributed by atoms with Gasteiger partial charge in [0, 0.05) is 37.9 Å². The number of hydrogen-bond acceptors (Lipinski definition) is 9. The number of carbonyl (C=O) groups excluding carboxylic acids is 1. The van der Waals surface area contributed by atoms with Crippen molar-refractivity contribution in [2.75, 3.05) is 52.0 Å². The summed E-state index contributed by atoms with van der Waals surface area (Å²) in [5.74, 6) is -2.78. The third kappa shape index (κ3) is 8.25. The number of nitrogens with one attached hydrogen (secondary N) is 1. The number of anilines is 1. The molecule has 15 heteroatoms. The number of β-amino-alcohol motifs (C(OH)–C–C–N with tert-alkyl or cyclic N) is 1. The molecule has 4 rings (SSSR count). The summed E-state index contributed by atoms with van der Waals surface area (Å²) in [7, 11) is 3.16. The monoisotopic (exact) mass is 671 g/mol. The first-order valence-electron chi connectivity index (χ1n) is 14.9. The number of Topliss-reactive ketones (excluding diaryl/α,β-unsaturated/α-hetero) is 1. The predicted octanol–water partition coefficient (Wildman–Crippen LogP) is 4.78. The Morgan fingerprint density at radius 3 is 2.13 bits per heavy atom. The van der Waals surface area contributed by atoms with Crippen LogP contribution in [0.1, 0.15) is 61.7 Å². The van der Waals surface area contributed by atoms with Crippen LogP contribution in [0, 0.1) is 11.2 Å². The van der Waals surface area contributed by atoms with E-state index in [0.29, 0.717) is 48.0 Å². The van der Waals surface area contributed by atoms with Crippen molar-refractivity contribution in [3.63, 3.8) is 0 Å². The molecule has 11 nitrogen and oxygen atoms in total. The molecule has 0 aliphatic carbocycles. The number of carboxylic acid groups (broad SMARTS) is 1. The summed E-state index contributed by atoms with van der Waals surface area (Å²) in [6, 6.07) is 5.30. The molecule has 2 aliphatic rings. The van der Waals surface area contributed by atoms with Gasteiger partial charge in [0.1, 0.15) is 17.7 Å². The van der Waals surface area contributed by atoms with Crippen LogP contribution < -0.4 is 19.1 Å². The first-order chi connectivity index (χ1) is 21.9. The largest absolute Gasteiger partial charge is 0.494 e. The molecule has 0 saturated carbocycles. The molecule has 2 heterocycles. The van der Waals surface area contributed by atoms with E-state index in [9.17, 15) is 23.1 Å². The van der Waals surface area contributed by atoms with E-state index >= 15 is 4.39 Å². The maximum absolute atomic E-state index is 15.5. The number of carbonyl (C=O) groups is 2. The summed E-state index contributed by atoms with van der Waals surface area (Å²) in [5, 5.41) is 26.3. The minimum Gasteiger partial charge on any atom is -0.494 e. The van der Waals surface area contributed by atoms with Crippen molar-refractivity contribution >= 4 is 23.3 Å². The Balaban J connectivity index is 0.000000771. The molecular weight excluding hydrogens is 630 g/mol. The van der Waals surface area contributed by atoms with E-state index in [-0.39, 0.29) is 54.1 Å². The van der Waals surface area contributed by atoms with Crippen molar-refractivity contribution in [1.82, 2.24) is 4.90 Å². The molecule has 3 N–H and O–H groups in total. The number of rotatable bonds is 10. The number of alkyl halides is 3. The second-order valence-electron chi connectivity index (χ2n) is 11.9. The van der Waals surface area contributed by atoms with Crippen LogP contribution in [0.2, 0.25) is 0 Å². The summed E-state index contributed by atoms with van der Waals surface area (Å²) in [4.78, 5) is 26.2. The van der Waals surface area contributed by atoms with Crippen molar-refractivity contribution in [3.8, 4) is 17.2 Å². The fraction of sp³-hybridized carbons (Fsp3) is 0.531. The van der Waals surface area contributed by atoms with E-state index in [1.54, 1.807) is 45.1 Å². The van der Waals surface area contributed by atoms with Crippen molar-refractivity contribution in [2.24, 2.45) is 0 Å². The zero-order chi connectivity index (χ0) is 35.4. The van der Waals surface area contributed by atoms with Crippen molar-refractivity contribution in [2.45, 2.75) is 65.0 Å². The van der Waals surface area contributed by atoms with E-state index in [1.807, 2.05) is 31.7 Å². The normalized spacial score (nSPS) is 17.7. The van der Waals surface area contributed by atoms with Gasteiger partial charge in [0.05, 0.1) is 44.2 Å². The lowest BCUT2D eigenvalue weighted by Crippen LogP contribution is -2.31. The Morgan fingerprint density at radius 2 is 1.64 bits per heavy atom. The summed E-state index contributed by atoms with van der Waals surface area (Å²) < 4.78 is 69.6. The molecule has 1 fully saturated rings. The Kier molecular flexibility index (Phi) is 11.7. The zero-order valence-corrected chi connectivity index (χ0v) is 27.4. The molecule has 2 atom stereocenters. The van der Waals surface area contributed by atoms with Crippen LogP contribution in [0.4, 0.5) is 23.2 Å². The molecule has 0 spiro atoms. The molecule has 260 valence electrons. The molecule has 0 aromatic heterocycles. The Morgan fingerprint density at radius 1 is 1.02 bits per heavy atom. The standard InChI is InChI=1S/C30H40FN3O6.C2HF3O2/c1-8-39-23-12-18-13-34(29(32)25(18)26(31)28(23)40-9-2)14-21(35)17-10-19(30(3,4)5)27(38-7)20(11-17)33-15-22(36)24(16-33)37-6;3-2(4,5)1(6)7/h10-12,22,24,32,36H,8-9,13-16H2,1-7H3;(H,6,7)/t22-,24-;/m0./s1. The van der Waals surface area contributed by atoms with Gasteiger partial charge in [0.15, 0.2) is 23.1 Å². The molecule has 0 radical (unpaired) electrons. The molecule has 47 heavy (non-hydrogen) atoms. The zero-order valence-electron chi connectivity index (χ0n) is 27.4. The van der Waals surface area contributed by atoms with Gasteiger partial charge in [-0.05, 0) is 43.0 Å². The molecule has 1 saturated heterocycles. The maximum atomic E-state index is 15.5. The van der Waals surface area contributed by atoms with Gasteiger partial charge in [0.2, 0.25) is 0 Å². The predicted molar refractivity (Wildman–Crippen MR) is 165 cm³/mol. The van der Waals surface area contributed by atoms with Gasteiger partial charge in [-0.15, -0.1) is 0 Å². The van der Waals surface area contributed by atoms with Crippen molar-refractivity contribution in [3.05, 3.63) is 46.3 Å². The number of ketones is 1. The van der Waals surface area contributed by atoms with E-state index in [2.05, 4.69) is 0 Å². The number of aliphatic hydroxyl groups excluding tert-OH is 1. The minimum atomic E-state index is -5.08. The molecule has 0 unspecified atom stereocenters. The first-order valence-corrected chi connectivity index (χ1v) is 14.9. The lowest BCUT2D eigenvalue weighted by molar-refractivity contribution is -0.192. The number of methoxy groups -OCH3 is 2. The number of aliphatic hydroxyl groups is 1. The topological polar surface area (TPSA) is 142 Å². The Hall–Kier alpha value is -4.11. The lowest BCUT2D eigenvalue weighted by atomic mass is 9.84. The summed E-state index contributed by atoms with van der Waals surface area (Å²) in [5.41, 5.74) is 2.35. The molecule has 2 aromatic rings. The number of benzene rings is 2. The lowest BCUT2D eigenvalue weighted by Gasteiger charge is -2.29. The number of nitrogens with zero attached hydrogens (tertiary/aromatic N) is 2. The highest BCUT2D eigenvalue weighted by atomic mass is 19.4. The third-order valence-corrected chi connectivity index (χ3v) is 7.63. The van der Waals surface area contributed by atoms with Gasteiger partial charge in [-0.3, -0.25) is 10.2 Å². The van der Waals surface area contributed by atoms with Gasteiger partial charge in [0.25, 0.3) is 0 Å². The van der Waals surface area contributed by atoms with Gasteiger partial charge in [-0.2, -0.15) is 13.2 Å². The molecule has 2 aromatic carbocycles. The first kappa shape index (κ1) is 37.3. The number of ether oxygens (including phenoxy) is 4. The second-order valence-corrected chi connectivity index (χ2v) is 11.9. The number of carboxylic acids is 1. The summed E-state index contributed by atoms with van der Waals surface area (Å²) in [6.45, 7) is 11.2. The van der Waals surface area contributed by atoms with Crippen molar-refractivity contribution in [1.29, 1.82) is 5.41 Å². The minimum absolute atomic E-state index is 0.0159. The molecule has 0 bridgehead atoms. The smallest absolute Gasteiger partial charge is 0.490 e. The molecule has 2 aliphatic heterocycles. The summed E-state index contributed by atoms with van der Waals surface area (Å²) >= 11 is 0. The highest BCUT2D eigenvalue weighted by Crippen LogP contribution is 2.42. The molecular formula is C32H41F4N3O8. The van der Waals surface area contributed by atoms with Crippen LogP contribution in [0.5, 0.6) is 17.2 Å². The number of hydrogen-bond donors (Lipinski definition) is 3. The third-order valence-electron chi connectivity index (χ3n) is 7.63. The van der Waals surface area contributed by atoms with E-state index in [4.69, 9.17) is 34.3 Å². The van der Waals surface area contributed by atoms with Crippen LogP contribution in [0.15, 0.2) is 18.2 Å². The maximum Gasteiger partial charge on any atom is 0.490 e. The van der Waals surface area contributed by atoms with Gasteiger partial charge < -0.3 is 39.0 Å². The highest BCUT2D eigenvalue weighted by molar-refractivity contribution is 6.06. The van der Waals surface area contributed by atoms with E-state index in [1.165, 1.54) is 0 Å². The Bertz CT molecular complexity index is 1490. The van der Waals surface area contributed by atoms with Gasteiger partial charge >= 0.3 is 12.1 Å². The fourth-order valence-electron chi connectivity index (χ4n) is 5.39.